The smallest absolute Gasteiger partial charge is 0.308 e. The molecule has 3 unspecified atom stereocenters. The molecule has 3 rings (SSSR count). The van der Waals surface area contributed by atoms with Gasteiger partial charge in [0.1, 0.15) is 5.25 Å². The van der Waals surface area contributed by atoms with Gasteiger partial charge in [-0.05, 0) is 48.9 Å². The van der Waals surface area contributed by atoms with Gasteiger partial charge in [0, 0.05) is 17.5 Å². The second-order valence-corrected chi connectivity index (χ2v) is 7.97. The van der Waals surface area contributed by atoms with Crippen molar-refractivity contribution in [3.63, 3.8) is 0 Å². The van der Waals surface area contributed by atoms with Crippen LogP contribution in [-0.4, -0.2) is 40.2 Å². The van der Waals surface area contributed by atoms with Crippen molar-refractivity contribution in [1.29, 1.82) is 0 Å². The Morgan fingerprint density at radius 3 is 2.95 bits per heavy atom. The van der Waals surface area contributed by atoms with Crippen molar-refractivity contribution >= 4 is 35.0 Å². The molecule has 0 saturated carbocycles. The number of piperidine rings is 1. The lowest BCUT2D eigenvalue weighted by Crippen LogP contribution is -2.48. The molecule has 0 bridgehead atoms. The van der Waals surface area contributed by atoms with E-state index in [1.165, 1.54) is 4.88 Å². The number of rotatable bonds is 2. The Labute approximate surface area is 132 Å². The maximum atomic E-state index is 12.9. The average molecular weight is 325 g/mol. The van der Waals surface area contributed by atoms with Crippen LogP contribution in [0.2, 0.25) is 0 Å². The first-order chi connectivity index (χ1) is 10.1. The number of likely N-dealkylation sites (tertiary alicyclic amines) is 1. The monoisotopic (exact) mass is 325 g/mol. The van der Waals surface area contributed by atoms with Crippen molar-refractivity contribution < 1.29 is 14.7 Å². The van der Waals surface area contributed by atoms with Crippen LogP contribution in [0.25, 0.3) is 0 Å². The molecule has 2 aliphatic rings. The minimum Gasteiger partial charge on any atom is -0.481 e. The topological polar surface area (TPSA) is 57.6 Å². The molecule has 6 heteroatoms. The van der Waals surface area contributed by atoms with Gasteiger partial charge in [0.25, 0.3) is 0 Å². The third-order valence-electron chi connectivity index (χ3n) is 4.41. The SMILES string of the molecule is CC1CCC(C(=O)O)CN1C(=O)C1SCCc2sccc21. The predicted octanol–water partition coefficient (Wildman–Crippen LogP) is 2.79. The molecule has 0 radical (unpaired) electrons. The van der Waals surface area contributed by atoms with Gasteiger partial charge in [0.2, 0.25) is 5.91 Å². The molecule has 0 aromatic carbocycles. The normalized spacial score (nSPS) is 29.0. The van der Waals surface area contributed by atoms with Crippen molar-refractivity contribution in [1.82, 2.24) is 4.90 Å². The van der Waals surface area contributed by atoms with Crippen molar-refractivity contribution in [2.75, 3.05) is 12.3 Å². The van der Waals surface area contributed by atoms with E-state index in [1.54, 1.807) is 28.0 Å². The van der Waals surface area contributed by atoms with E-state index in [2.05, 4.69) is 11.4 Å². The maximum absolute atomic E-state index is 12.9. The molecule has 3 atom stereocenters. The fourth-order valence-electron chi connectivity index (χ4n) is 3.12. The molecular weight excluding hydrogens is 306 g/mol. The van der Waals surface area contributed by atoms with Gasteiger partial charge in [-0.3, -0.25) is 9.59 Å². The Bertz CT molecular complexity index is 557. The van der Waals surface area contributed by atoms with Crippen LogP contribution in [0.15, 0.2) is 11.4 Å². The zero-order valence-corrected chi connectivity index (χ0v) is 13.6. The highest BCUT2D eigenvalue weighted by molar-refractivity contribution is 8.00. The predicted molar refractivity (Wildman–Crippen MR) is 84.8 cm³/mol. The van der Waals surface area contributed by atoms with E-state index in [1.807, 2.05) is 6.92 Å². The first kappa shape index (κ1) is 14.9. The highest BCUT2D eigenvalue weighted by atomic mass is 32.2. The van der Waals surface area contributed by atoms with Gasteiger partial charge in [0.05, 0.1) is 5.92 Å². The maximum Gasteiger partial charge on any atom is 0.308 e. The largest absolute Gasteiger partial charge is 0.481 e. The fraction of sp³-hybridized carbons (Fsp3) is 0.600. The van der Waals surface area contributed by atoms with Crippen LogP contribution in [0, 0.1) is 5.92 Å². The number of thioether (sulfide) groups is 1. The molecule has 1 N–H and O–H groups in total. The molecule has 1 saturated heterocycles. The summed E-state index contributed by atoms with van der Waals surface area (Å²) in [5.74, 6) is -0.139. The summed E-state index contributed by atoms with van der Waals surface area (Å²) in [7, 11) is 0. The number of carboxylic acids is 1. The number of aliphatic carboxylic acids is 1. The van der Waals surface area contributed by atoms with Crippen molar-refractivity contribution in [2.24, 2.45) is 5.92 Å². The number of carbonyl (C=O) groups is 2. The van der Waals surface area contributed by atoms with E-state index >= 15 is 0 Å². The summed E-state index contributed by atoms with van der Waals surface area (Å²) < 4.78 is 0. The van der Waals surface area contributed by atoms with Crippen LogP contribution in [0.4, 0.5) is 0 Å². The fourth-order valence-corrected chi connectivity index (χ4v) is 5.48. The molecule has 1 amide bonds. The lowest BCUT2D eigenvalue weighted by Gasteiger charge is -2.39. The molecule has 114 valence electrons. The van der Waals surface area contributed by atoms with E-state index in [9.17, 15) is 14.7 Å². The van der Waals surface area contributed by atoms with Gasteiger partial charge in [-0.15, -0.1) is 23.1 Å². The van der Waals surface area contributed by atoms with Crippen molar-refractivity contribution in [3.8, 4) is 0 Å². The van der Waals surface area contributed by atoms with Crippen LogP contribution >= 0.6 is 23.1 Å². The number of nitrogens with zero attached hydrogens (tertiary/aromatic N) is 1. The summed E-state index contributed by atoms with van der Waals surface area (Å²) >= 11 is 3.41. The summed E-state index contributed by atoms with van der Waals surface area (Å²) in [6.07, 6.45) is 2.48. The lowest BCUT2D eigenvalue weighted by atomic mass is 9.93. The Hall–Kier alpha value is -1.01. The Balaban J connectivity index is 1.80. The number of hydrogen-bond donors (Lipinski definition) is 1. The summed E-state index contributed by atoms with van der Waals surface area (Å²) in [5, 5.41) is 11.1. The molecule has 21 heavy (non-hydrogen) atoms. The van der Waals surface area contributed by atoms with E-state index < -0.39 is 11.9 Å². The van der Waals surface area contributed by atoms with E-state index in [-0.39, 0.29) is 17.2 Å². The minimum absolute atomic E-state index is 0.0952. The number of carboxylic acid groups (broad SMARTS) is 1. The van der Waals surface area contributed by atoms with Gasteiger partial charge in [-0.2, -0.15) is 0 Å². The Morgan fingerprint density at radius 1 is 1.38 bits per heavy atom. The van der Waals surface area contributed by atoms with Crippen LogP contribution in [0.1, 0.15) is 35.5 Å². The van der Waals surface area contributed by atoms with Crippen LogP contribution in [0.3, 0.4) is 0 Å². The zero-order chi connectivity index (χ0) is 15.0. The molecule has 4 nitrogen and oxygen atoms in total. The van der Waals surface area contributed by atoms with Gasteiger partial charge < -0.3 is 10.0 Å². The summed E-state index contributed by atoms with van der Waals surface area (Å²) in [6, 6.07) is 2.19. The number of hydrogen-bond acceptors (Lipinski definition) is 4. The first-order valence-electron chi connectivity index (χ1n) is 7.29. The number of carbonyl (C=O) groups excluding carboxylic acids is 1. The quantitative estimate of drug-likeness (QED) is 0.908. The van der Waals surface area contributed by atoms with Gasteiger partial charge in [-0.1, -0.05) is 0 Å². The molecule has 3 heterocycles. The van der Waals surface area contributed by atoms with Crippen molar-refractivity contribution in [3.05, 3.63) is 21.9 Å². The molecule has 1 aromatic heterocycles. The summed E-state index contributed by atoms with van der Waals surface area (Å²) in [5.41, 5.74) is 1.14. The second kappa shape index (κ2) is 6.01. The van der Waals surface area contributed by atoms with Crippen molar-refractivity contribution in [2.45, 2.75) is 37.5 Å². The lowest BCUT2D eigenvalue weighted by molar-refractivity contribution is -0.147. The van der Waals surface area contributed by atoms with Gasteiger partial charge in [-0.25, -0.2) is 0 Å². The number of aryl methyl sites for hydroxylation is 1. The van der Waals surface area contributed by atoms with E-state index in [0.717, 1.165) is 24.2 Å². The number of thiophene rings is 1. The van der Waals surface area contributed by atoms with Gasteiger partial charge >= 0.3 is 5.97 Å². The second-order valence-electron chi connectivity index (χ2n) is 5.75. The Morgan fingerprint density at radius 2 is 2.19 bits per heavy atom. The first-order valence-corrected chi connectivity index (χ1v) is 9.22. The van der Waals surface area contributed by atoms with Crippen LogP contribution < -0.4 is 0 Å². The van der Waals surface area contributed by atoms with Crippen LogP contribution in [-0.2, 0) is 16.0 Å². The van der Waals surface area contributed by atoms with E-state index in [4.69, 9.17) is 0 Å². The molecule has 0 spiro atoms. The number of fused-ring (bicyclic) bond motifs is 1. The summed E-state index contributed by atoms with van der Waals surface area (Å²) in [4.78, 5) is 27.2. The average Bonchev–Trinajstić information content (AvgIpc) is 2.95. The molecule has 1 aromatic rings. The molecule has 0 aliphatic carbocycles. The minimum atomic E-state index is -0.785. The molecule has 1 fully saturated rings. The molecule has 2 aliphatic heterocycles. The van der Waals surface area contributed by atoms with E-state index in [0.29, 0.717) is 13.0 Å². The Kier molecular flexibility index (Phi) is 4.26. The van der Waals surface area contributed by atoms with Gasteiger partial charge in [0.15, 0.2) is 0 Å². The standard InChI is InChI=1S/C15H19NO3S2/c1-9-2-3-10(15(18)19)8-16(9)14(17)13-11-4-6-20-12(11)5-7-21-13/h4,6,9-10,13H,2-3,5,7-8H2,1H3,(H,18,19). The summed E-state index contributed by atoms with van der Waals surface area (Å²) in [6.45, 7) is 2.38. The highest BCUT2D eigenvalue weighted by Gasteiger charge is 2.37. The molecular formula is C15H19NO3S2. The third-order valence-corrected chi connectivity index (χ3v) is 6.64. The third kappa shape index (κ3) is 2.83. The zero-order valence-electron chi connectivity index (χ0n) is 11.9. The highest BCUT2D eigenvalue weighted by Crippen LogP contribution is 2.41. The van der Waals surface area contributed by atoms with Crippen LogP contribution in [0.5, 0.6) is 0 Å². The number of amides is 1.